The van der Waals surface area contributed by atoms with E-state index in [1.54, 1.807) is 11.6 Å². The molecule has 0 radical (unpaired) electrons. The van der Waals surface area contributed by atoms with E-state index in [2.05, 4.69) is 15.3 Å². The van der Waals surface area contributed by atoms with Gasteiger partial charge < -0.3 is 15.1 Å². The Bertz CT molecular complexity index is 747. The van der Waals surface area contributed by atoms with Crippen LogP contribution < -0.4 is 5.32 Å². The molecular weight excluding hydrogens is 366 g/mol. The number of rotatable bonds is 7. The average Bonchev–Trinajstić information content (AvgIpc) is 3.32. The minimum absolute atomic E-state index is 0.159. The number of nitrogens with zero attached hydrogens (tertiary/aromatic N) is 4. The predicted molar refractivity (Wildman–Crippen MR) is 105 cm³/mol. The second-order valence-electron chi connectivity index (χ2n) is 7.66. The SMILES string of the molecule is CCS(=O)(=O)CCN1CCC(Nc2ccn(C)n2)(C(=O)N2CCCC2)CC1. The Kier molecular flexibility index (Phi) is 6.10. The number of hydrogen-bond donors (Lipinski definition) is 1. The highest BCUT2D eigenvalue weighted by atomic mass is 32.2. The van der Waals surface area contributed by atoms with E-state index < -0.39 is 15.4 Å². The highest BCUT2D eigenvalue weighted by molar-refractivity contribution is 7.91. The van der Waals surface area contributed by atoms with Crippen molar-refractivity contribution in [3.63, 3.8) is 0 Å². The van der Waals surface area contributed by atoms with Gasteiger partial charge in [0.25, 0.3) is 0 Å². The first kappa shape index (κ1) is 20.1. The first-order valence-electron chi connectivity index (χ1n) is 9.83. The molecule has 8 nitrogen and oxygen atoms in total. The molecule has 3 heterocycles. The van der Waals surface area contributed by atoms with Crippen LogP contribution in [0.5, 0.6) is 0 Å². The standard InChI is InChI=1S/C18H31N5O3S/c1-3-27(25,26)15-14-22-12-7-18(8-13-22,17(24)23-9-4-5-10-23)19-16-6-11-21(2)20-16/h6,11H,3-5,7-10,12-15H2,1-2H3,(H,19,20). The number of hydrogen-bond acceptors (Lipinski definition) is 6. The van der Waals surface area contributed by atoms with Crippen LogP contribution in [0.3, 0.4) is 0 Å². The largest absolute Gasteiger partial charge is 0.354 e. The lowest BCUT2D eigenvalue weighted by Gasteiger charge is -2.43. The number of sulfone groups is 1. The van der Waals surface area contributed by atoms with Gasteiger partial charge in [-0.05, 0) is 25.7 Å². The van der Waals surface area contributed by atoms with Crippen molar-refractivity contribution in [3.05, 3.63) is 12.3 Å². The molecule has 152 valence electrons. The number of aromatic nitrogens is 2. The maximum absolute atomic E-state index is 13.3. The molecule has 1 aromatic rings. The van der Waals surface area contributed by atoms with Crippen LogP contribution in [0.15, 0.2) is 12.3 Å². The second-order valence-corrected chi connectivity index (χ2v) is 10.1. The van der Waals surface area contributed by atoms with Gasteiger partial charge in [-0.3, -0.25) is 9.48 Å². The van der Waals surface area contributed by atoms with Crippen molar-refractivity contribution in [1.29, 1.82) is 0 Å². The summed E-state index contributed by atoms with van der Waals surface area (Å²) in [5.74, 6) is 1.24. The Balaban J connectivity index is 1.69. The Morgan fingerprint density at radius 1 is 1.22 bits per heavy atom. The van der Waals surface area contributed by atoms with Gasteiger partial charge >= 0.3 is 0 Å². The van der Waals surface area contributed by atoms with Crippen LogP contribution in [-0.2, 0) is 21.7 Å². The highest BCUT2D eigenvalue weighted by Gasteiger charge is 2.44. The minimum Gasteiger partial charge on any atom is -0.354 e. The van der Waals surface area contributed by atoms with Gasteiger partial charge in [0.1, 0.15) is 11.4 Å². The van der Waals surface area contributed by atoms with E-state index in [1.807, 2.05) is 24.2 Å². The first-order chi connectivity index (χ1) is 12.8. The summed E-state index contributed by atoms with van der Waals surface area (Å²) in [6.45, 7) is 5.28. The zero-order valence-electron chi connectivity index (χ0n) is 16.4. The van der Waals surface area contributed by atoms with Gasteiger partial charge in [0.05, 0.1) is 5.75 Å². The molecule has 0 aliphatic carbocycles. The number of carbonyl (C=O) groups excluding carboxylic acids is 1. The zero-order chi connectivity index (χ0) is 19.5. The van der Waals surface area contributed by atoms with Crippen LogP contribution in [0.1, 0.15) is 32.6 Å². The van der Waals surface area contributed by atoms with E-state index in [4.69, 9.17) is 0 Å². The van der Waals surface area contributed by atoms with Crippen LogP contribution in [0.4, 0.5) is 5.82 Å². The molecule has 1 amide bonds. The number of likely N-dealkylation sites (tertiary alicyclic amines) is 2. The third-order valence-corrected chi connectivity index (χ3v) is 7.44. The summed E-state index contributed by atoms with van der Waals surface area (Å²) in [4.78, 5) is 17.4. The van der Waals surface area contributed by atoms with Crippen molar-refractivity contribution < 1.29 is 13.2 Å². The van der Waals surface area contributed by atoms with Gasteiger partial charge in [-0.2, -0.15) is 5.10 Å². The molecule has 1 N–H and O–H groups in total. The summed E-state index contributed by atoms with van der Waals surface area (Å²) < 4.78 is 25.3. The molecule has 2 aliphatic rings. The van der Waals surface area contributed by atoms with Gasteiger partial charge in [0, 0.05) is 57.8 Å². The van der Waals surface area contributed by atoms with Crippen molar-refractivity contribution in [2.75, 3.05) is 49.5 Å². The van der Waals surface area contributed by atoms with Crippen LogP contribution in [0.2, 0.25) is 0 Å². The fourth-order valence-electron chi connectivity index (χ4n) is 3.91. The number of aryl methyl sites for hydroxylation is 1. The van der Waals surface area contributed by atoms with E-state index in [9.17, 15) is 13.2 Å². The monoisotopic (exact) mass is 397 g/mol. The summed E-state index contributed by atoms with van der Waals surface area (Å²) in [6, 6.07) is 1.89. The zero-order valence-corrected chi connectivity index (χ0v) is 17.2. The van der Waals surface area contributed by atoms with Gasteiger partial charge in [-0.25, -0.2) is 8.42 Å². The summed E-state index contributed by atoms with van der Waals surface area (Å²) in [6.07, 6.45) is 5.30. The van der Waals surface area contributed by atoms with Crippen molar-refractivity contribution in [3.8, 4) is 0 Å². The lowest BCUT2D eigenvalue weighted by molar-refractivity contribution is -0.136. The van der Waals surface area contributed by atoms with Crippen LogP contribution in [0, 0.1) is 0 Å². The van der Waals surface area contributed by atoms with E-state index >= 15 is 0 Å². The Morgan fingerprint density at radius 3 is 2.44 bits per heavy atom. The smallest absolute Gasteiger partial charge is 0.248 e. The number of anilines is 1. The van der Waals surface area contributed by atoms with Gasteiger partial charge in [0.2, 0.25) is 5.91 Å². The molecule has 0 bridgehead atoms. The summed E-state index contributed by atoms with van der Waals surface area (Å²) in [7, 11) is -1.11. The first-order valence-corrected chi connectivity index (χ1v) is 11.7. The highest BCUT2D eigenvalue weighted by Crippen LogP contribution is 2.30. The molecule has 2 saturated heterocycles. The van der Waals surface area contributed by atoms with E-state index in [-0.39, 0.29) is 17.4 Å². The topological polar surface area (TPSA) is 87.5 Å². The quantitative estimate of drug-likeness (QED) is 0.730. The van der Waals surface area contributed by atoms with Gasteiger partial charge in [-0.1, -0.05) is 6.92 Å². The molecule has 9 heteroatoms. The molecule has 1 aromatic heterocycles. The second kappa shape index (κ2) is 8.18. The van der Waals surface area contributed by atoms with Crippen LogP contribution in [0.25, 0.3) is 0 Å². The van der Waals surface area contributed by atoms with Crippen molar-refractivity contribution in [1.82, 2.24) is 19.6 Å². The molecule has 0 atom stereocenters. The maximum Gasteiger partial charge on any atom is 0.248 e. The molecule has 0 spiro atoms. The summed E-state index contributed by atoms with van der Waals surface area (Å²) >= 11 is 0. The molecule has 0 saturated carbocycles. The summed E-state index contributed by atoms with van der Waals surface area (Å²) in [5.41, 5.74) is -0.654. The molecular formula is C18H31N5O3S. The van der Waals surface area contributed by atoms with E-state index in [0.29, 0.717) is 38.3 Å². The normalized spacial score (nSPS) is 20.7. The van der Waals surface area contributed by atoms with Crippen LogP contribution in [-0.4, -0.2) is 83.7 Å². The molecule has 27 heavy (non-hydrogen) atoms. The third kappa shape index (κ3) is 4.82. The predicted octanol–water partition coefficient (Wildman–Crippen LogP) is 0.724. The number of nitrogens with one attached hydrogen (secondary N) is 1. The fourth-order valence-corrected chi connectivity index (χ4v) is 4.74. The minimum atomic E-state index is -2.97. The molecule has 0 unspecified atom stereocenters. The Labute approximate surface area is 161 Å². The molecule has 0 aromatic carbocycles. The van der Waals surface area contributed by atoms with Crippen LogP contribution >= 0.6 is 0 Å². The Hall–Kier alpha value is -1.61. The summed E-state index contributed by atoms with van der Waals surface area (Å²) in [5, 5.41) is 7.83. The molecule has 3 rings (SSSR count). The van der Waals surface area contributed by atoms with Crippen molar-refractivity contribution in [2.45, 2.75) is 38.1 Å². The molecule has 2 aliphatic heterocycles. The third-order valence-electron chi connectivity index (χ3n) is 5.75. The number of carbonyl (C=O) groups is 1. The lowest BCUT2D eigenvalue weighted by Crippen LogP contribution is -2.59. The maximum atomic E-state index is 13.3. The lowest BCUT2D eigenvalue weighted by atomic mass is 9.85. The van der Waals surface area contributed by atoms with E-state index in [0.717, 1.165) is 25.9 Å². The Morgan fingerprint density at radius 2 is 1.89 bits per heavy atom. The van der Waals surface area contributed by atoms with Gasteiger partial charge in [0.15, 0.2) is 9.84 Å². The fraction of sp³-hybridized carbons (Fsp3) is 0.778. The molecule has 2 fully saturated rings. The number of piperidine rings is 1. The number of amides is 1. The average molecular weight is 398 g/mol. The van der Waals surface area contributed by atoms with E-state index in [1.165, 1.54) is 0 Å². The van der Waals surface area contributed by atoms with Crippen molar-refractivity contribution >= 4 is 21.6 Å². The van der Waals surface area contributed by atoms with Gasteiger partial charge in [-0.15, -0.1) is 0 Å². The van der Waals surface area contributed by atoms with Crippen molar-refractivity contribution in [2.24, 2.45) is 7.05 Å².